The lowest BCUT2D eigenvalue weighted by Gasteiger charge is -2.20. The lowest BCUT2D eigenvalue weighted by atomic mass is 10.1. The van der Waals surface area contributed by atoms with E-state index in [2.05, 4.69) is 0 Å². The first-order valence-corrected chi connectivity index (χ1v) is 5.93. The molecule has 1 saturated heterocycles. The molecule has 1 N–H and O–H groups in total. The number of hydrogen-bond acceptors (Lipinski definition) is 3. The zero-order chi connectivity index (χ0) is 14.0. The molecule has 0 amide bonds. The van der Waals surface area contributed by atoms with Crippen LogP contribution in [0.2, 0.25) is 0 Å². The van der Waals surface area contributed by atoms with E-state index in [0.29, 0.717) is 18.8 Å². The summed E-state index contributed by atoms with van der Waals surface area (Å²) in [5.41, 5.74) is -0.287. The van der Waals surface area contributed by atoms with Crippen LogP contribution in [0.5, 0.6) is 0 Å². The van der Waals surface area contributed by atoms with Crippen LogP contribution in [0.1, 0.15) is 17.5 Å². The number of hydrogen-bond donors (Lipinski definition) is 1. The Morgan fingerprint density at radius 2 is 2.16 bits per heavy atom. The molecule has 102 valence electrons. The van der Waals surface area contributed by atoms with E-state index in [1.807, 2.05) is 11.0 Å². The van der Waals surface area contributed by atoms with E-state index in [4.69, 9.17) is 10.4 Å². The van der Waals surface area contributed by atoms with Crippen molar-refractivity contribution in [1.29, 1.82) is 5.26 Å². The summed E-state index contributed by atoms with van der Waals surface area (Å²) in [7, 11) is 0. The Hall–Kier alpha value is -1.74. The molecular weight excluding hydrogens is 257 g/mol. The maximum Gasteiger partial charge on any atom is 0.416 e. The van der Waals surface area contributed by atoms with Crippen LogP contribution < -0.4 is 4.90 Å². The Morgan fingerprint density at radius 1 is 1.42 bits per heavy atom. The molecule has 3 nitrogen and oxygen atoms in total. The summed E-state index contributed by atoms with van der Waals surface area (Å²) in [6.45, 7) is 1.26. The van der Waals surface area contributed by atoms with Gasteiger partial charge in [0.25, 0.3) is 0 Å². The first-order valence-electron chi connectivity index (χ1n) is 5.93. The van der Waals surface area contributed by atoms with Crippen molar-refractivity contribution in [1.82, 2.24) is 0 Å². The van der Waals surface area contributed by atoms with Crippen LogP contribution in [0.25, 0.3) is 0 Å². The first kappa shape index (κ1) is 13.7. The second kappa shape index (κ2) is 5.10. The van der Waals surface area contributed by atoms with Crippen molar-refractivity contribution in [3.63, 3.8) is 0 Å². The largest absolute Gasteiger partial charge is 0.416 e. The Kier molecular flexibility index (Phi) is 3.67. The third-order valence-corrected chi connectivity index (χ3v) is 3.33. The van der Waals surface area contributed by atoms with Gasteiger partial charge < -0.3 is 10.0 Å². The fourth-order valence-corrected chi connectivity index (χ4v) is 2.28. The van der Waals surface area contributed by atoms with Gasteiger partial charge in [-0.3, -0.25) is 0 Å². The molecule has 0 aromatic heterocycles. The monoisotopic (exact) mass is 270 g/mol. The topological polar surface area (TPSA) is 47.3 Å². The lowest BCUT2D eigenvalue weighted by molar-refractivity contribution is -0.137. The molecule has 1 aromatic carbocycles. The summed E-state index contributed by atoms with van der Waals surface area (Å²) in [5.74, 6) is 0.119. The maximum atomic E-state index is 12.6. The fourth-order valence-electron chi connectivity index (χ4n) is 2.28. The van der Waals surface area contributed by atoms with Crippen LogP contribution in [0.15, 0.2) is 18.2 Å². The predicted molar refractivity (Wildman–Crippen MR) is 63.6 cm³/mol. The van der Waals surface area contributed by atoms with E-state index in [9.17, 15) is 13.2 Å². The molecule has 1 aliphatic rings. The predicted octanol–water partition coefficient (Wildman–Crippen LogP) is 2.40. The van der Waals surface area contributed by atoms with Crippen LogP contribution >= 0.6 is 0 Å². The summed E-state index contributed by atoms with van der Waals surface area (Å²) in [6.07, 6.45) is -3.66. The van der Waals surface area contributed by atoms with Crippen molar-refractivity contribution >= 4 is 5.69 Å². The van der Waals surface area contributed by atoms with Gasteiger partial charge in [-0.1, -0.05) is 0 Å². The molecule has 0 saturated carbocycles. The van der Waals surface area contributed by atoms with Gasteiger partial charge in [-0.05, 0) is 24.6 Å². The maximum absolute atomic E-state index is 12.6. The average molecular weight is 270 g/mol. The van der Waals surface area contributed by atoms with Gasteiger partial charge in [-0.25, -0.2) is 0 Å². The van der Waals surface area contributed by atoms with Crippen LogP contribution in [0, 0.1) is 17.2 Å². The number of aliphatic hydroxyl groups is 1. The highest BCUT2D eigenvalue weighted by Gasteiger charge is 2.32. The van der Waals surface area contributed by atoms with Crippen molar-refractivity contribution < 1.29 is 18.3 Å². The molecule has 0 aliphatic carbocycles. The van der Waals surface area contributed by atoms with Gasteiger partial charge in [0, 0.05) is 25.6 Å². The third kappa shape index (κ3) is 2.82. The van der Waals surface area contributed by atoms with Crippen LogP contribution in [-0.2, 0) is 6.18 Å². The second-order valence-electron chi connectivity index (χ2n) is 4.62. The van der Waals surface area contributed by atoms with Crippen molar-refractivity contribution in [2.24, 2.45) is 5.92 Å². The van der Waals surface area contributed by atoms with Crippen LogP contribution in [0.4, 0.5) is 18.9 Å². The number of anilines is 1. The SMILES string of the molecule is N#Cc1cc(C(F)(F)F)ccc1N1CCC(CO)C1. The number of alkyl halides is 3. The van der Waals surface area contributed by atoms with Gasteiger partial charge >= 0.3 is 6.18 Å². The zero-order valence-electron chi connectivity index (χ0n) is 10.1. The molecule has 1 aliphatic heterocycles. The number of aliphatic hydroxyl groups excluding tert-OH is 1. The first-order chi connectivity index (χ1) is 8.95. The highest BCUT2D eigenvalue weighted by atomic mass is 19.4. The Bertz CT molecular complexity index is 508. The number of nitriles is 1. The fraction of sp³-hybridized carbons (Fsp3) is 0.462. The lowest BCUT2D eigenvalue weighted by Crippen LogP contribution is -2.22. The number of nitrogens with zero attached hydrogens (tertiary/aromatic N) is 2. The van der Waals surface area contributed by atoms with Crippen LogP contribution in [-0.4, -0.2) is 24.8 Å². The van der Waals surface area contributed by atoms with Gasteiger partial charge in [-0.15, -0.1) is 0 Å². The molecule has 19 heavy (non-hydrogen) atoms. The summed E-state index contributed by atoms with van der Waals surface area (Å²) in [4.78, 5) is 1.85. The van der Waals surface area contributed by atoms with E-state index >= 15 is 0 Å². The highest BCUT2D eigenvalue weighted by Crippen LogP contribution is 2.34. The normalized spacial score (nSPS) is 19.5. The molecule has 1 unspecified atom stereocenters. The third-order valence-electron chi connectivity index (χ3n) is 3.33. The number of halogens is 3. The summed E-state index contributed by atoms with van der Waals surface area (Å²) in [6, 6.07) is 5.01. The van der Waals surface area contributed by atoms with Gasteiger partial charge in [0.2, 0.25) is 0 Å². The second-order valence-corrected chi connectivity index (χ2v) is 4.62. The van der Waals surface area contributed by atoms with Gasteiger partial charge in [-0.2, -0.15) is 18.4 Å². The van der Waals surface area contributed by atoms with E-state index in [0.717, 1.165) is 18.6 Å². The minimum atomic E-state index is -4.44. The van der Waals surface area contributed by atoms with Crippen molar-refractivity contribution in [3.8, 4) is 6.07 Å². The van der Waals surface area contributed by atoms with Gasteiger partial charge in [0.1, 0.15) is 6.07 Å². The average Bonchev–Trinajstić information content (AvgIpc) is 2.85. The zero-order valence-corrected chi connectivity index (χ0v) is 10.1. The minimum Gasteiger partial charge on any atom is -0.396 e. The molecule has 0 radical (unpaired) electrons. The number of rotatable bonds is 2. The standard InChI is InChI=1S/C13H13F3N2O/c14-13(15,16)11-1-2-12(10(5-11)6-17)18-4-3-9(7-18)8-19/h1-2,5,9,19H,3-4,7-8H2. The summed E-state index contributed by atoms with van der Waals surface area (Å²) < 4.78 is 37.7. The Labute approximate surface area is 108 Å². The molecule has 0 bridgehead atoms. The van der Waals surface area contributed by atoms with E-state index in [1.165, 1.54) is 6.07 Å². The quantitative estimate of drug-likeness (QED) is 0.897. The molecule has 2 rings (SSSR count). The van der Waals surface area contributed by atoms with Crippen molar-refractivity contribution in [2.75, 3.05) is 24.6 Å². The van der Waals surface area contributed by atoms with Crippen molar-refractivity contribution in [3.05, 3.63) is 29.3 Å². The summed E-state index contributed by atoms with van der Waals surface area (Å²) in [5, 5.41) is 18.1. The Morgan fingerprint density at radius 3 is 2.68 bits per heavy atom. The Balaban J connectivity index is 2.30. The smallest absolute Gasteiger partial charge is 0.396 e. The summed E-state index contributed by atoms with van der Waals surface area (Å²) >= 11 is 0. The van der Waals surface area contributed by atoms with Gasteiger partial charge in [0.05, 0.1) is 16.8 Å². The molecule has 1 fully saturated rings. The van der Waals surface area contributed by atoms with Crippen molar-refractivity contribution in [2.45, 2.75) is 12.6 Å². The minimum absolute atomic E-state index is 0.0217. The molecule has 6 heteroatoms. The van der Waals surface area contributed by atoms with Gasteiger partial charge in [0.15, 0.2) is 0 Å². The molecule has 1 atom stereocenters. The highest BCUT2D eigenvalue weighted by molar-refractivity contribution is 5.61. The van der Waals surface area contributed by atoms with Crippen LogP contribution in [0.3, 0.4) is 0 Å². The molecule has 0 spiro atoms. The van der Waals surface area contributed by atoms with E-state index in [-0.39, 0.29) is 18.1 Å². The van der Waals surface area contributed by atoms with E-state index < -0.39 is 11.7 Å². The molecular formula is C13H13F3N2O. The van der Waals surface area contributed by atoms with E-state index in [1.54, 1.807) is 0 Å². The molecule has 1 aromatic rings. The number of benzene rings is 1. The molecule has 1 heterocycles.